The lowest BCUT2D eigenvalue weighted by Crippen LogP contribution is -2.38. The first-order valence-electron chi connectivity index (χ1n) is 6.96. The molecule has 0 radical (unpaired) electrons. The number of hydrogen-bond donors (Lipinski definition) is 1. The summed E-state index contributed by atoms with van der Waals surface area (Å²) in [7, 11) is 0. The van der Waals surface area contributed by atoms with Gasteiger partial charge in [-0.05, 0) is 32.4 Å². The van der Waals surface area contributed by atoms with Crippen molar-refractivity contribution in [1.29, 1.82) is 0 Å². The Morgan fingerprint density at radius 3 is 2.70 bits per heavy atom. The molecule has 1 aromatic rings. The average molecular weight is 307 g/mol. The average Bonchev–Trinajstić information content (AvgIpc) is 2.83. The second kappa shape index (κ2) is 6.76. The van der Waals surface area contributed by atoms with E-state index in [0.29, 0.717) is 19.6 Å². The van der Waals surface area contributed by atoms with Gasteiger partial charge in [-0.1, -0.05) is 6.92 Å². The van der Waals surface area contributed by atoms with Crippen molar-refractivity contribution in [3.63, 3.8) is 0 Å². The number of likely N-dealkylation sites (tertiary alicyclic amines) is 1. The third-order valence-electron chi connectivity index (χ3n) is 3.51. The number of piperidine rings is 1. The molecule has 0 bridgehead atoms. The number of thiazole rings is 1. The smallest absolute Gasteiger partial charge is 0.362 e. The van der Waals surface area contributed by atoms with E-state index in [1.807, 2.05) is 6.20 Å². The molecule has 7 heteroatoms. The third-order valence-corrected chi connectivity index (χ3v) is 4.45. The zero-order chi connectivity index (χ0) is 14.6. The van der Waals surface area contributed by atoms with E-state index >= 15 is 0 Å². The van der Waals surface area contributed by atoms with Crippen molar-refractivity contribution in [2.24, 2.45) is 5.92 Å². The van der Waals surface area contributed by atoms with Crippen LogP contribution in [0.15, 0.2) is 6.20 Å². The van der Waals surface area contributed by atoms with Crippen LogP contribution in [0.25, 0.3) is 0 Å². The van der Waals surface area contributed by atoms with Crippen LogP contribution in [-0.4, -0.2) is 35.7 Å². The third kappa shape index (κ3) is 4.34. The van der Waals surface area contributed by atoms with E-state index in [1.165, 1.54) is 0 Å². The van der Waals surface area contributed by atoms with Crippen LogP contribution in [0.4, 0.5) is 18.3 Å². The van der Waals surface area contributed by atoms with Gasteiger partial charge < -0.3 is 5.32 Å². The van der Waals surface area contributed by atoms with Crippen LogP contribution in [0.5, 0.6) is 0 Å². The summed E-state index contributed by atoms with van der Waals surface area (Å²) in [6, 6.07) is 0. The molecule has 1 saturated heterocycles. The minimum absolute atomic E-state index is 0.212. The number of nitrogens with one attached hydrogen (secondary N) is 1. The minimum Gasteiger partial charge on any atom is -0.362 e. The van der Waals surface area contributed by atoms with Crippen molar-refractivity contribution in [2.75, 3.05) is 25.0 Å². The second-order valence-corrected chi connectivity index (χ2v) is 6.27. The van der Waals surface area contributed by atoms with Gasteiger partial charge in [0, 0.05) is 24.2 Å². The van der Waals surface area contributed by atoms with Crippen LogP contribution in [-0.2, 0) is 6.54 Å². The maximum atomic E-state index is 12.6. The Kier molecular flexibility index (Phi) is 5.26. The number of nitrogens with zero attached hydrogens (tertiary/aromatic N) is 2. The fraction of sp³-hybridized carbons (Fsp3) is 0.769. The Morgan fingerprint density at radius 1 is 1.40 bits per heavy atom. The van der Waals surface area contributed by atoms with E-state index in [-0.39, 0.29) is 12.8 Å². The van der Waals surface area contributed by atoms with Gasteiger partial charge in [-0.2, -0.15) is 13.2 Å². The predicted octanol–water partition coefficient (Wildman–Crippen LogP) is 3.74. The molecule has 1 fully saturated rings. The summed E-state index contributed by atoms with van der Waals surface area (Å²) in [4.78, 5) is 7.46. The van der Waals surface area contributed by atoms with E-state index in [2.05, 4.69) is 22.1 Å². The predicted molar refractivity (Wildman–Crippen MR) is 75.0 cm³/mol. The molecule has 1 aromatic heterocycles. The monoisotopic (exact) mass is 307 g/mol. The van der Waals surface area contributed by atoms with Crippen molar-refractivity contribution >= 4 is 16.5 Å². The van der Waals surface area contributed by atoms with E-state index in [4.69, 9.17) is 0 Å². The molecule has 114 valence electrons. The number of alkyl halides is 3. The summed E-state index contributed by atoms with van der Waals surface area (Å²) in [6.45, 7) is 4.71. The highest BCUT2D eigenvalue weighted by molar-refractivity contribution is 7.15. The number of rotatable bonds is 5. The molecule has 3 nitrogen and oxygen atoms in total. The highest BCUT2D eigenvalue weighted by atomic mass is 32.1. The first kappa shape index (κ1) is 15.6. The van der Waals surface area contributed by atoms with E-state index in [9.17, 15) is 13.2 Å². The van der Waals surface area contributed by atoms with Gasteiger partial charge in [0.2, 0.25) is 0 Å². The van der Waals surface area contributed by atoms with Crippen molar-refractivity contribution in [1.82, 2.24) is 9.88 Å². The lowest BCUT2D eigenvalue weighted by atomic mass is 9.96. The number of anilines is 1. The molecule has 0 unspecified atom stereocenters. The highest BCUT2D eigenvalue weighted by Crippen LogP contribution is 2.34. The summed E-state index contributed by atoms with van der Waals surface area (Å²) in [5.41, 5.74) is 0. The molecule has 1 N–H and O–H groups in total. The molecule has 1 aliphatic rings. The quantitative estimate of drug-likeness (QED) is 0.898. The minimum atomic E-state index is -4.03. The van der Waals surface area contributed by atoms with Crippen LogP contribution in [0.2, 0.25) is 0 Å². The number of hydrogen-bond acceptors (Lipinski definition) is 4. The van der Waals surface area contributed by atoms with Crippen LogP contribution < -0.4 is 5.32 Å². The van der Waals surface area contributed by atoms with Gasteiger partial charge >= 0.3 is 6.18 Å². The zero-order valence-electron chi connectivity index (χ0n) is 11.5. The molecular weight excluding hydrogens is 287 g/mol. The van der Waals surface area contributed by atoms with Crippen LogP contribution in [0.3, 0.4) is 0 Å². The zero-order valence-corrected chi connectivity index (χ0v) is 12.4. The second-order valence-electron chi connectivity index (χ2n) is 5.15. The lowest BCUT2D eigenvalue weighted by Gasteiger charge is -2.32. The molecule has 0 aromatic carbocycles. The Hall–Kier alpha value is -0.820. The first-order valence-corrected chi connectivity index (χ1v) is 7.78. The summed E-state index contributed by atoms with van der Waals surface area (Å²) >= 11 is 1.59. The summed E-state index contributed by atoms with van der Waals surface area (Å²) in [6.07, 6.45) is -0.751. The molecule has 0 spiro atoms. The fourth-order valence-corrected chi connectivity index (χ4v) is 3.21. The maximum absolute atomic E-state index is 12.6. The fourth-order valence-electron chi connectivity index (χ4n) is 2.33. The van der Waals surface area contributed by atoms with E-state index in [0.717, 1.165) is 23.0 Å². The lowest BCUT2D eigenvalue weighted by molar-refractivity contribution is -0.185. The highest BCUT2D eigenvalue weighted by Gasteiger charge is 2.40. The largest absolute Gasteiger partial charge is 0.391 e. The Morgan fingerprint density at radius 2 is 2.10 bits per heavy atom. The maximum Gasteiger partial charge on any atom is 0.391 e. The molecule has 0 aliphatic carbocycles. The first-order chi connectivity index (χ1) is 9.49. The SMILES string of the molecule is CCCNc1ncc(CN2CCC(C(F)(F)F)CC2)s1. The molecule has 2 rings (SSSR count). The van der Waals surface area contributed by atoms with Crippen LogP contribution in [0.1, 0.15) is 31.1 Å². The molecule has 0 saturated carbocycles. The van der Waals surface area contributed by atoms with Gasteiger partial charge in [-0.15, -0.1) is 11.3 Å². The summed E-state index contributed by atoms with van der Waals surface area (Å²) in [5, 5.41) is 4.11. The Labute approximate surface area is 121 Å². The topological polar surface area (TPSA) is 28.2 Å². The number of aromatic nitrogens is 1. The van der Waals surface area contributed by atoms with Gasteiger partial charge in [0.25, 0.3) is 0 Å². The van der Waals surface area contributed by atoms with Crippen LogP contribution >= 0.6 is 11.3 Å². The molecule has 20 heavy (non-hydrogen) atoms. The normalized spacial score (nSPS) is 18.4. The van der Waals surface area contributed by atoms with Gasteiger partial charge in [0.05, 0.1) is 5.92 Å². The molecule has 0 atom stereocenters. The summed E-state index contributed by atoms with van der Waals surface area (Å²) < 4.78 is 37.7. The van der Waals surface area contributed by atoms with Gasteiger partial charge in [0.15, 0.2) is 5.13 Å². The summed E-state index contributed by atoms with van der Waals surface area (Å²) in [5.74, 6) is -1.12. The van der Waals surface area contributed by atoms with Gasteiger partial charge in [0.1, 0.15) is 0 Å². The molecular formula is C13H20F3N3S. The van der Waals surface area contributed by atoms with Crippen molar-refractivity contribution in [3.8, 4) is 0 Å². The standard InChI is InChI=1S/C13H20F3N3S/c1-2-5-17-12-18-8-11(20-12)9-19-6-3-10(4-7-19)13(14,15)16/h8,10H,2-7,9H2,1H3,(H,17,18). The van der Waals surface area contributed by atoms with E-state index < -0.39 is 12.1 Å². The van der Waals surface area contributed by atoms with E-state index in [1.54, 1.807) is 11.3 Å². The molecule has 0 amide bonds. The van der Waals surface area contributed by atoms with Gasteiger partial charge in [-0.3, -0.25) is 4.90 Å². The van der Waals surface area contributed by atoms with Gasteiger partial charge in [-0.25, -0.2) is 4.98 Å². The Balaban J connectivity index is 1.79. The molecule has 2 heterocycles. The Bertz CT molecular complexity index is 411. The van der Waals surface area contributed by atoms with Crippen molar-refractivity contribution < 1.29 is 13.2 Å². The van der Waals surface area contributed by atoms with Crippen molar-refractivity contribution in [2.45, 2.75) is 38.9 Å². The number of halogens is 3. The van der Waals surface area contributed by atoms with Crippen molar-refractivity contribution in [3.05, 3.63) is 11.1 Å². The van der Waals surface area contributed by atoms with Crippen LogP contribution in [0, 0.1) is 5.92 Å². The molecule has 1 aliphatic heterocycles.